The van der Waals surface area contributed by atoms with Crippen molar-refractivity contribution < 1.29 is 15.0 Å². The van der Waals surface area contributed by atoms with Gasteiger partial charge in [0, 0.05) is 0 Å². The molecule has 0 unspecified atom stereocenters. The van der Waals surface area contributed by atoms with Crippen LogP contribution in [0.2, 0.25) is 0 Å². The molecule has 1 saturated carbocycles. The van der Waals surface area contributed by atoms with Crippen molar-refractivity contribution in [3.63, 3.8) is 0 Å². The van der Waals surface area contributed by atoms with E-state index in [1.807, 2.05) is 0 Å². The number of aliphatic carboxylic acids is 1. The Bertz CT molecular complexity index is 178. The van der Waals surface area contributed by atoms with E-state index in [1.54, 1.807) is 0 Å². The minimum absolute atomic E-state index is 0.331. The maximum absolute atomic E-state index is 10.6. The normalized spacial score (nSPS) is 20.6. The van der Waals surface area contributed by atoms with Gasteiger partial charge >= 0.3 is 5.97 Å². The van der Waals surface area contributed by atoms with Crippen molar-refractivity contribution in [2.45, 2.75) is 38.1 Å². The van der Waals surface area contributed by atoms with E-state index in [0.29, 0.717) is 5.92 Å². The van der Waals surface area contributed by atoms with Gasteiger partial charge in [-0.15, -0.1) is 0 Å². The largest absolute Gasteiger partial charge is 0.480 e. The van der Waals surface area contributed by atoms with Crippen molar-refractivity contribution >= 4 is 5.97 Å². The van der Waals surface area contributed by atoms with E-state index in [-0.39, 0.29) is 6.61 Å². The van der Waals surface area contributed by atoms with Gasteiger partial charge < -0.3 is 15.5 Å². The lowest BCUT2D eigenvalue weighted by Crippen LogP contribution is -2.42. The summed E-state index contributed by atoms with van der Waals surface area (Å²) in [6, 6.07) is -0.795. The second-order valence-electron chi connectivity index (χ2n) is 3.99. The molecule has 1 aliphatic rings. The highest BCUT2D eigenvalue weighted by atomic mass is 16.4. The monoisotopic (exact) mass is 201 g/mol. The van der Waals surface area contributed by atoms with Crippen LogP contribution in [0.4, 0.5) is 0 Å². The predicted molar refractivity (Wildman–Crippen MR) is 53.1 cm³/mol. The fourth-order valence-corrected chi connectivity index (χ4v) is 1.93. The minimum Gasteiger partial charge on any atom is -0.480 e. The Labute approximate surface area is 84.3 Å². The first-order valence-electron chi connectivity index (χ1n) is 5.31. The first kappa shape index (κ1) is 11.5. The number of aliphatic hydroxyl groups excluding tert-OH is 1. The van der Waals surface area contributed by atoms with Crippen LogP contribution in [0.1, 0.15) is 32.1 Å². The smallest absolute Gasteiger partial charge is 0.323 e. The number of hydrogen-bond acceptors (Lipinski definition) is 3. The lowest BCUT2D eigenvalue weighted by Gasteiger charge is -2.23. The van der Waals surface area contributed by atoms with Crippen molar-refractivity contribution in [2.24, 2.45) is 5.92 Å². The van der Waals surface area contributed by atoms with Crippen molar-refractivity contribution in [3.05, 3.63) is 0 Å². The molecule has 0 aliphatic heterocycles. The predicted octanol–water partition coefficient (Wildman–Crippen LogP) is 0.602. The average molecular weight is 201 g/mol. The molecule has 0 aromatic heterocycles. The van der Waals surface area contributed by atoms with Crippen LogP contribution in [0.15, 0.2) is 0 Å². The van der Waals surface area contributed by atoms with Gasteiger partial charge in [0.15, 0.2) is 0 Å². The molecular formula is C10H19NO3. The maximum atomic E-state index is 10.6. The molecule has 3 N–H and O–H groups in total. The molecule has 0 aromatic rings. The highest BCUT2D eigenvalue weighted by Gasteiger charge is 2.18. The number of aliphatic hydroxyl groups is 1. The second-order valence-corrected chi connectivity index (χ2v) is 3.99. The zero-order valence-corrected chi connectivity index (χ0v) is 8.41. The van der Waals surface area contributed by atoms with Crippen molar-refractivity contribution in [3.8, 4) is 0 Å². The lowest BCUT2D eigenvalue weighted by atomic mass is 9.89. The zero-order chi connectivity index (χ0) is 10.4. The van der Waals surface area contributed by atoms with E-state index in [0.717, 1.165) is 6.54 Å². The zero-order valence-electron chi connectivity index (χ0n) is 8.41. The molecule has 4 nitrogen and oxygen atoms in total. The second kappa shape index (κ2) is 5.98. The summed E-state index contributed by atoms with van der Waals surface area (Å²) in [5.74, 6) is -0.375. The molecule has 1 rings (SSSR count). The number of carboxylic acids is 1. The SMILES string of the molecule is O=C(O)[C@H](CO)NCC1CCCCC1. The van der Waals surface area contributed by atoms with Crippen LogP contribution < -0.4 is 5.32 Å². The summed E-state index contributed by atoms with van der Waals surface area (Å²) in [7, 11) is 0. The Hall–Kier alpha value is -0.610. The van der Waals surface area contributed by atoms with E-state index in [9.17, 15) is 4.79 Å². The number of rotatable bonds is 5. The van der Waals surface area contributed by atoms with Gasteiger partial charge in [0.1, 0.15) is 6.04 Å². The summed E-state index contributed by atoms with van der Waals surface area (Å²) in [4.78, 5) is 10.6. The summed E-state index contributed by atoms with van der Waals surface area (Å²) in [5.41, 5.74) is 0. The Kier molecular flexibility index (Phi) is 4.90. The molecule has 1 fully saturated rings. The van der Waals surface area contributed by atoms with Crippen LogP contribution in [0.3, 0.4) is 0 Å². The van der Waals surface area contributed by atoms with E-state index in [4.69, 9.17) is 10.2 Å². The highest BCUT2D eigenvalue weighted by molar-refractivity contribution is 5.73. The van der Waals surface area contributed by atoms with Crippen LogP contribution in [0.25, 0.3) is 0 Å². The molecular weight excluding hydrogens is 182 g/mol. The third-order valence-electron chi connectivity index (χ3n) is 2.86. The Morgan fingerprint density at radius 3 is 2.50 bits per heavy atom. The highest BCUT2D eigenvalue weighted by Crippen LogP contribution is 2.22. The van der Waals surface area contributed by atoms with E-state index in [1.165, 1.54) is 32.1 Å². The van der Waals surface area contributed by atoms with Gasteiger partial charge in [0.2, 0.25) is 0 Å². The number of carbonyl (C=O) groups is 1. The summed E-state index contributed by atoms with van der Waals surface area (Å²) in [5, 5.41) is 20.4. The number of hydrogen-bond donors (Lipinski definition) is 3. The van der Waals surface area contributed by atoms with Crippen molar-refractivity contribution in [1.82, 2.24) is 5.32 Å². The standard InChI is InChI=1S/C10H19NO3/c12-7-9(10(13)14)11-6-8-4-2-1-3-5-8/h8-9,11-12H,1-7H2,(H,13,14)/t9-/m0/s1. The molecule has 14 heavy (non-hydrogen) atoms. The van der Waals surface area contributed by atoms with Gasteiger partial charge in [-0.05, 0) is 25.3 Å². The van der Waals surface area contributed by atoms with Crippen molar-refractivity contribution in [2.75, 3.05) is 13.2 Å². The molecule has 82 valence electrons. The fraction of sp³-hybridized carbons (Fsp3) is 0.900. The lowest BCUT2D eigenvalue weighted by molar-refractivity contribution is -0.140. The summed E-state index contributed by atoms with van der Waals surface area (Å²) < 4.78 is 0. The Balaban J connectivity index is 2.20. The Morgan fingerprint density at radius 2 is 2.00 bits per heavy atom. The van der Waals surface area contributed by atoms with Crippen LogP contribution >= 0.6 is 0 Å². The summed E-state index contributed by atoms with van der Waals surface area (Å²) >= 11 is 0. The molecule has 0 saturated heterocycles. The van der Waals surface area contributed by atoms with E-state index >= 15 is 0 Å². The Morgan fingerprint density at radius 1 is 1.36 bits per heavy atom. The van der Waals surface area contributed by atoms with Crippen LogP contribution in [-0.4, -0.2) is 35.4 Å². The minimum atomic E-state index is -0.969. The molecule has 0 spiro atoms. The third kappa shape index (κ3) is 3.64. The van der Waals surface area contributed by atoms with Gasteiger partial charge in [0.05, 0.1) is 6.61 Å². The molecule has 1 atom stereocenters. The van der Waals surface area contributed by atoms with Crippen LogP contribution in [0.5, 0.6) is 0 Å². The summed E-state index contributed by atoms with van der Waals surface area (Å²) in [6.45, 7) is 0.388. The topological polar surface area (TPSA) is 69.6 Å². The third-order valence-corrected chi connectivity index (χ3v) is 2.86. The molecule has 0 heterocycles. The number of carboxylic acid groups (broad SMARTS) is 1. The van der Waals surface area contributed by atoms with Gasteiger partial charge in [-0.3, -0.25) is 4.79 Å². The van der Waals surface area contributed by atoms with Crippen LogP contribution in [-0.2, 0) is 4.79 Å². The molecule has 0 bridgehead atoms. The quantitative estimate of drug-likeness (QED) is 0.609. The molecule has 0 amide bonds. The first-order valence-corrected chi connectivity index (χ1v) is 5.31. The van der Waals surface area contributed by atoms with Gasteiger partial charge in [-0.25, -0.2) is 0 Å². The van der Waals surface area contributed by atoms with Gasteiger partial charge in [0.25, 0.3) is 0 Å². The van der Waals surface area contributed by atoms with Gasteiger partial charge in [-0.2, -0.15) is 0 Å². The van der Waals surface area contributed by atoms with Crippen molar-refractivity contribution in [1.29, 1.82) is 0 Å². The van der Waals surface area contributed by atoms with Crippen LogP contribution in [0, 0.1) is 5.92 Å². The van der Waals surface area contributed by atoms with E-state index < -0.39 is 12.0 Å². The van der Waals surface area contributed by atoms with Gasteiger partial charge in [-0.1, -0.05) is 19.3 Å². The molecule has 1 aliphatic carbocycles. The number of nitrogens with one attached hydrogen (secondary N) is 1. The average Bonchev–Trinajstić information content (AvgIpc) is 2.20. The fourth-order valence-electron chi connectivity index (χ4n) is 1.93. The molecule has 4 heteroatoms. The van der Waals surface area contributed by atoms with E-state index in [2.05, 4.69) is 5.32 Å². The first-order chi connectivity index (χ1) is 6.74. The maximum Gasteiger partial charge on any atom is 0.323 e. The summed E-state index contributed by atoms with van der Waals surface area (Å²) in [6.07, 6.45) is 6.18. The molecule has 0 radical (unpaired) electrons. The molecule has 0 aromatic carbocycles.